The number of hydrogen-bond donors (Lipinski definition) is 0. The van der Waals surface area contributed by atoms with Crippen LogP contribution >= 0.6 is 0 Å². The van der Waals surface area contributed by atoms with Crippen LogP contribution in [0.4, 0.5) is 0 Å². The minimum absolute atomic E-state index is 0.576. The lowest BCUT2D eigenvalue weighted by atomic mass is 9.73. The van der Waals surface area contributed by atoms with Gasteiger partial charge in [-0.2, -0.15) is 0 Å². The Kier molecular flexibility index (Phi) is 2.65. The van der Waals surface area contributed by atoms with Gasteiger partial charge in [0, 0.05) is 44.5 Å². The van der Waals surface area contributed by atoms with Crippen molar-refractivity contribution in [3.05, 3.63) is 30.1 Å². The molecule has 1 aromatic heterocycles. The van der Waals surface area contributed by atoms with Crippen LogP contribution in [-0.2, 0) is 11.3 Å². The predicted octanol–water partition coefficient (Wildman–Crippen LogP) is 1.69. The summed E-state index contributed by atoms with van der Waals surface area (Å²) in [6.07, 6.45) is 4.36. The summed E-state index contributed by atoms with van der Waals surface area (Å²) in [4.78, 5) is 6.86. The van der Waals surface area contributed by atoms with Gasteiger partial charge in [0.25, 0.3) is 0 Å². The van der Waals surface area contributed by atoms with Crippen LogP contribution in [0.2, 0.25) is 0 Å². The number of pyridine rings is 1. The zero-order chi connectivity index (χ0) is 10.8. The van der Waals surface area contributed by atoms with E-state index in [0.29, 0.717) is 5.41 Å². The zero-order valence-electron chi connectivity index (χ0n) is 9.56. The maximum atomic E-state index is 5.42. The average Bonchev–Trinajstić information content (AvgIpc) is 2.30. The smallest absolute Gasteiger partial charge is 0.0543 e. The SMILES string of the molecule is c1ccc(CN2CC3(CCOCC3)C2)nc1. The predicted molar refractivity (Wildman–Crippen MR) is 62.0 cm³/mol. The lowest BCUT2D eigenvalue weighted by Crippen LogP contribution is -2.57. The van der Waals surface area contributed by atoms with Crippen molar-refractivity contribution in [1.82, 2.24) is 9.88 Å². The van der Waals surface area contributed by atoms with Crippen molar-refractivity contribution in [3.8, 4) is 0 Å². The fourth-order valence-corrected chi connectivity index (χ4v) is 2.86. The highest BCUT2D eigenvalue weighted by molar-refractivity contribution is 5.06. The zero-order valence-corrected chi connectivity index (χ0v) is 9.56. The molecule has 3 heteroatoms. The van der Waals surface area contributed by atoms with Crippen molar-refractivity contribution in [2.45, 2.75) is 19.4 Å². The maximum Gasteiger partial charge on any atom is 0.0543 e. The fraction of sp³-hybridized carbons (Fsp3) is 0.615. The van der Waals surface area contributed by atoms with E-state index in [1.807, 2.05) is 12.3 Å². The van der Waals surface area contributed by atoms with Gasteiger partial charge in [0.2, 0.25) is 0 Å². The van der Waals surface area contributed by atoms with Gasteiger partial charge in [0.05, 0.1) is 5.69 Å². The molecule has 3 nitrogen and oxygen atoms in total. The third-order valence-corrected chi connectivity index (χ3v) is 3.78. The first-order valence-corrected chi connectivity index (χ1v) is 6.06. The highest BCUT2D eigenvalue weighted by Crippen LogP contribution is 2.40. The molecule has 0 aliphatic carbocycles. The van der Waals surface area contributed by atoms with Crippen molar-refractivity contribution in [3.63, 3.8) is 0 Å². The maximum absolute atomic E-state index is 5.42. The van der Waals surface area contributed by atoms with Gasteiger partial charge in [-0.25, -0.2) is 0 Å². The van der Waals surface area contributed by atoms with E-state index >= 15 is 0 Å². The highest BCUT2D eigenvalue weighted by atomic mass is 16.5. The Labute approximate surface area is 96.4 Å². The Hall–Kier alpha value is -0.930. The van der Waals surface area contributed by atoms with Crippen LogP contribution < -0.4 is 0 Å². The summed E-state index contributed by atoms with van der Waals surface area (Å²) in [6, 6.07) is 6.14. The molecule has 3 rings (SSSR count). The molecule has 0 saturated carbocycles. The Bertz CT molecular complexity index is 338. The Morgan fingerprint density at radius 1 is 1.25 bits per heavy atom. The first kappa shape index (κ1) is 10.2. The third-order valence-electron chi connectivity index (χ3n) is 3.78. The van der Waals surface area contributed by atoms with E-state index in [2.05, 4.69) is 22.0 Å². The van der Waals surface area contributed by atoms with Crippen molar-refractivity contribution in [2.75, 3.05) is 26.3 Å². The average molecular weight is 218 g/mol. The van der Waals surface area contributed by atoms with E-state index in [-0.39, 0.29) is 0 Å². The molecule has 0 aromatic carbocycles. The van der Waals surface area contributed by atoms with Crippen LogP contribution in [0, 0.1) is 5.41 Å². The molecule has 0 atom stereocenters. The summed E-state index contributed by atoms with van der Waals surface area (Å²) in [6.45, 7) is 5.37. The van der Waals surface area contributed by atoms with E-state index in [0.717, 1.165) is 19.8 Å². The number of hydrogen-bond acceptors (Lipinski definition) is 3. The normalized spacial score (nSPS) is 24.2. The quantitative estimate of drug-likeness (QED) is 0.755. The second kappa shape index (κ2) is 4.15. The summed E-state index contributed by atoms with van der Waals surface area (Å²) in [7, 11) is 0. The van der Waals surface area contributed by atoms with Gasteiger partial charge in [-0.1, -0.05) is 6.07 Å². The van der Waals surface area contributed by atoms with E-state index in [9.17, 15) is 0 Å². The molecule has 0 unspecified atom stereocenters. The van der Waals surface area contributed by atoms with Gasteiger partial charge < -0.3 is 4.74 Å². The number of rotatable bonds is 2. The van der Waals surface area contributed by atoms with E-state index in [1.54, 1.807) is 0 Å². The molecule has 0 N–H and O–H groups in total. The number of likely N-dealkylation sites (tertiary alicyclic amines) is 1. The molecule has 2 fully saturated rings. The van der Waals surface area contributed by atoms with E-state index in [1.165, 1.54) is 31.6 Å². The number of nitrogens with zero attached hydrogens (tertiary/aromatic N) is 2. The number of aromatic nitrogens is 1. The minimum atomic E-state index is 0.576. The second-order valence-electron chi connectivity index (χ2n) is 5.08. The molecule has 2 aliphatic rings. The summed E-state index contributed by atoms with van der Waals surface area (Å²) in [5.41, 5.74) is 1.76. The molecular formula is C13H18N2O. The van der Waals surface area contributed by atoms with Crippen molar-refractivity contribution in [2.24, 2.45) is 5.41 Å². The van der Waals surface area contributed by atoms with Gasteiger partial charge in [-0.3, -0.25) is 9.88 Å². The van der Waals surface area contributed by atoms with Crippen LogP contribution in [0.15, 0.2) is 24.4 Å². The topological polar surface area (TPSA) is 25.4 Å². The third kappa shape index (κ3) is 1.97. The van der Waals surface area contributed by atoms with Crippen LogP contribution in [0.3, 0.4) is 0 Å². The minimum Gasteiger partial charge on any atom is -0.381 e. The molecule has 3 heterocycles. The molecule has 2 aliphatic heterocycles. The molecule has 0 radical (unpaired) electrons. The fourth-order valence-electron chi connectivity index (χ4n) is 2.86. The van der Waals surface area contributed by atoms with E-state index < -0.39 is 0 Å². The number of ether oxygens (including phenoxy) is 1. The molecule has 1 aromatic rings. The Morgan fingerprint density at radius 2 is 2.06 bits per heavy atom. The summed E-state index contributed by atoms with van der Waals surface area (Å²) >= 11 is 0. The molecular weight excluding hydrogens is 200 g/mol. The van der Waals surface area contributed by atoms with Crippen LogP contribution in [0.25, 0.3) is 0 Å². The Morgan fingerprint density at radius 3 is 2.75 bits per heavy atom. The van der Waals surface area contributed by atoms with Gasteiger partial charge in [-0.05, 0) is 25.0 Å². The van der Waals surface area contributed by atoms with Gasteiger partial charge >= 0.3 is 0 Å². The summed E-state index contributed by atoms with van der Waals surface area (Å²) in [5, 5.41) is 0. The van der Waals surface area contributed by atoms with Crippen molar-refractivity contribution >= 4 is 0 Å². The second-order valence-corrected chi connectivity index (χ2v) is 5.08. The van der Waals surface area contributed by atoms with Crippen LogP contribution in [0.1, 0.15) is 18.5 Å². The molecule has 1 spiro atoms. The molecule has 16 heavy (non-hydrogen) atoms. The standard InChI is InChI=1S/C13H18N2O/c1-2-6-14-12(3-1)9-15-10-13(11-15)4-7-16-8-5-13/h1-3,6H,4-5,7-11H2. The van der Waals surface area contributed by atoms with Crippen molar-refractivity contribution in [1.29, 1.82) is 0 Å². The van der Waals surface area contributed by atoms with E-state index in [4.69, 9.17) is 4.74 Å². The first-order valence-electron chi connectivity index (χ1n) is 6.06. The molecule has 0 bridgehead atoms. The largest absolute Gasteiger partial charge is 0.381 e. The lowest BCUT2D eigenvalue weighted by Gasteiger charge is -2.52. The monoisotopic (exact) mass is 218 g/mol. The molecule has 2 saturated heterocycles. The highest BCUT2D eigenvalue weighted by Gasteiger charge is 2.43. The lowest BCUT2D eigenvalue weighted by molar-refractivity contribution is -0.0842. The van der Waals surface area contributed by atoms with Gasteiger partial charge in [0.1, 0.15) is 0 Å². The van der Waals surface area contributed by atoms with Crippen LogP contribution in [0.5, 0.6) is 0 Å². The van der Waals surface area contributed by atoms with Gasteiger partial charge in [-0.15, -0.1) is 0 Å². The molecule has 86 valence electrons. The summed E-state index contributed by atoms with van der Waals surface area (Å²) in [5.74, 6) is 0. The Balaban J connectivity index is 1.53. The molecule has 0 amide bonds. The first-order chi connectivity index (χ1) is 7.86. The summed E-state index contributed by atoms with van der Waals surface area (Å²) < 4.78 is 5.42. The van der Waals surface area contributed by atoms with Gasteiger partial charge in [0.15, 0.2) is 0 Å². The van der Waals surface area contributed by atoms with Crippen LogP contribution in [-0.4, -0.2) is 36.2 Å². The van der Waals surface area contributed by atoms with Crippen molar-refractivity contribution < 1.29 is 4.74 Å².